The maximum Gasteiger partial charge on any atom is 0.263 e. The fourth-order valence-corrected chi connectivity index (χ4v) is 5.35. The zero-order chi connectivity index (χ0) is 25.6. The molecule has 37 heavy (non-hydrogen) atoms. The Morgan fingerprint density at radius 2 is 1.89 bits per heavy atom. The number of aromatic nitrogens is 5. The zero-order valence-electron chi connectivity index (χ0n) is 20.3. The topological polar surface area (TPSA) is 114 Å². The third kappa shape index (κ3) is 5.98. The Balaban J connectivity index is 1.25. The van der Waals surface area contributed by atoms with Crippen LogP contribution in [0.2, 0.25) is 0 Å². The summed E-state index contributed by atoms with van der Waals surface area (Å²) < 4.78 is 8.18. The number of hydrogen-bond acceptors (Lipinski definition) is 8. The second-order valence-electron chi connectivity index (χ2n) is 8.86. The molecule has 188 valence electrons. The molecule has 10 heteroatoms. The molecule has 0 radical (unpaired) electrons. The molecule has 0 aliphatic heterocycles. The van der Waals surface area contributed by atoms with Crippen molar-refractivity contribution < 1.29 is 9.59 Å². The number of aromatic amines is 1. The van der Waals surface area contributed by atoms with Gasteiger partial charge in [0.1, 0.15) is 16.4 Å². The molecule has 1 amide bonds. The Kier molecular flexibility index (Phi) is 7.76. The van der Waals surface area contributed by atoms with Gasteiger partial charge in [0.15, 0.2) is 5.78 Å². The van der Waals surface area contributed by atoms with Crippen LogP contribution >= 0.6 is 23.1 Å². The first kappa shape index (κ1) is 24.9. The van der Waals surface area contributed by atoms with Crippen LogP contribution in [0.5, 0.6) is 0 Å². The first-order valence-corrected chi connectivity index (χ1v) is 13.8. The number of hydrogen-bond donors (Lipinski definition) is 2. The summed E-state index contributed by atoms with van der Waals surface area (Å²) in [6.45, 7) is 1.81. The molecule has 2 N–H and O–H groups in total. The fraction of sp³-hybridized carbons (Fsp3) is 0.259. The van der Waals surface area contributed by atoms with E-state index in [1.54, 1.807) is 11.7 Å². The van der Waals surface area contributed by atoms with Crippen molar-refractivity contribution in [1.82, 2.24) is 29.0 Å². The van der Waals surface area contributed by atoms with E-state index in [1.807, 2.05) is 25.3 Å². The molecule has 0 unspecified atom stereocenters. The molecule has 3 heterocycles. The normalized spacial score (nSPS) is 12.0. The van der Waals surface area contributed by atoms with E-state index in [-0.39, 0.29) is 17.7 Å². The van der Waals surface area contributed by atoms with Crippen LogP contribution in [-0.4, -0.2) is 35.4 Å². The van der Waals surface area contributed by atoms with E-state index >= 15 is 0 Å². The third-order valence-electron chi connectivity index (χ3n) is 6.26. The Morgan fingerprint density at radius 1 is 1.03 bits per heavy atom. The van der Waals surface area contributed by atoms with Crippen molar-refractivity contribution in [2.75, 3.05) is 0 Å². The van der Waals surface area contributed by atoms with Gasteiger partial charge in [0.25, 0.3) is 5.91 Å². The Hall–Kier alpha value is -3.76. The van der Waals surface area contributed by atoms with Crippen LogP contribution in [0.3, 0.4) is 0 Å². The van der Waals surface area contributed by atoms with Gasteiger partial charge in [-0.2, -0.15) is 8.75 Å². The minimum absolute atomic E-state index is 0.0346. The van der Waals surface area contributed by atoms with Crippen LogP contribution in [-0.2, 0) is 0 Å². The Labute approximate surface area is 222 Å². The van der Waals surface area contributed by atoms with E-state index < -0.39 is 0 Å². The standard InChI is InChI=1S/C27H26N6O2S2/c1-17-25(33-37-32-17)23(34)10-4-2-3-9-21(31-27(35)24-15-28-16-36-24)26-29-14-22(30-26)20-12-11-18-7-5-6-8-19(18)13-20/h5-8,11-16,21H,2-4,9-10H2,1H3,(H,29,30)(H,31,35)/t21-/m0/s1. The van der Waals surface area contributed by atoms with E-state index in [1.165, 1.54) is 16.7 Å². The smallest absolute Gasteiger partial charge is 0.263 e. The number of nitrogens with zero attached hydrogens (tertiary/aromatic N) is 4. The van der Waals surface area contributed by atoms with E-state index in [0.717, 1.165) is 47.6 Å². The highest BCUT2D eigenvalue weighted by Crippen LogP contribution is 2.26. The molecule has 0 saturated heterocycles. The van der Waals surface area contributed by atoms with Crippen molar-refractivity contribution in [2.24, 2.45) is 0 Å². The van der Waals surface area contributed by atoms with Gasteiger partial charge >= 0.3 is 0 Å². The molecule has 0 bridgehead atoms. The first-order chi connectivity index (χ1) is 18.1. The quantitative estimate of drug-likeness (QED) is 0.156. The lowest BCUT2D eigenvalue weighted by Crippen LogP contribution is -2.28. The molecule has 0 aliphatic rings. The van der Waals surface area contributed by atoms with Crippen LogP contribution in [0.4, 0.5) is 0 Å². The fourth-order valence-electron chi connectivity index (χ4n) is 4.27. The maximum absolute atomic E-state index is 12.8. The number of carbonyl (C=O) groups is 2. The second kappa shape index (κ2) is 11.5. The maximum atomic E-state index is 12.8. The van der Waals surface area contributed by atoms with Gasteiger partial charge in [0.2, 0.25) is 0 Å². The molecular weight excluding hydrogens is 504 g/mol. The summed E-state index contributed by atoms with van der Waals surface area (Å²) in [5, 5.41) is 5.45. The van der Waals surface area contributed by atoms with Gasteiger partial charge in [-0.05, 0) is 36.6 Å². The SMILES string of the molecule is Cc1nsnc1C(=O)CCCCC[C@H](NC(=O)c1cncs1)c1ncc(-c2ccc3ccccc3c2)[nH]1. The monoisotopic (exact) mass is 530 g/mol. The number of imidazole rings is 1. The number of fused-ring (bicyclic) bond motifs is 1. The van der Waals surface area contributed by atoms with Crippen LogP contribution in [0.25, 0.3) is 22.0 Å². The molecular formula is C27H26N6O2S2. The number of rotatable bonds is 11. The van der Waals surface area contributed by atoms with Crippen LogP contribution in [0.1, 0.15) is 69.8 Å². The molecule has 0 aliphatic carbocycles. The van der Waals surface area contributed by atoms with Crippen LogP contribution in [0, 0.1) is 6.92 Å². The average molecular weight is 531 g/mol. The van der Waals surface area contributed by atoms with Gasteiger partial charge in [-0.25, -0.2) is 4.98 Å². The van der Waals surface area contributed by atoms with E-state index in [9.17, 15) is 9.59 Å². The highest BCUT2D eigenvalue weighted by Gasteiger charge is 2.20. The molecule has 8 nitrogen and oxygen atoms in total. The van der Waals surface area contributed by atoms with Gasteiger partial charge in [0.05, 0.1) is 47.1 Å². The number of ketones is 1. The molecule has 5 rings (SSSR count). The number of amides is 1. The summed E-state index contributed by atoms with van der Waals surface area (Å²) in [5.41, 5.74) is 4.76. The predicted molar refractivity (Wildman–Crippen MR) is 146 cm³/mol. The van der Waals surface area contributed by atoms with Crippen molar-refractivity contribution in [3.8, 4) is 11.3 Å². The molecule has 3 aromatic heterocycles. The number of thiazole rings is 1. The number of benzene rings is 2. The van der Waals surface area contributed by atoms with E-state index in [4.69, 9.17) is 0 Å². The van der Waals surface area contributed by atoms with Crippen molar-refractivity contribution in [3.63, 3.8) is 0 Å². The molecule has 5 aromatic rings. The molecule has 0 fully saturated rings. The van der Waals surface area contributed by atoms with Crippen molar-refractivity contribution in [1.29, 1.82) is 0 Å². The lowest BCUT2D eigenvalue weighted by atomic mass is 10.0. The van der Waals surface area contributed by atoms with Crippen molar-refractivity contribution >= 4 is 45.5 Å². The number of carbonyl (C=O) groups excluding carboxylic acids is 2. The van der Waals surface area contributed by atoms with Crippen molar-refractivity contribution in [2.45, 2.75) is 45.1 Å². The summed E-state index contributed by atoms with van der Waals surface area (Å²) >= 11 is 2.37. The lowest BCUT2D eigenvalue weighted by molar-refractivity contribution is 0.0935. The minimum atomic E-state index is -0.288. The average Bonchev–Trinajstić information content (AvgIpc) is 3.69. The summed E-state index contributed by atoms with van der Waals surface area (Å²) in [6.07, 6.45) is 6.97. The van der Waals surface area contributed by atoms with Gasteiger partial charge in [0, 0.05) is 12.0 Å². The highest BCUT2D eigenvalue weighted by molar-refractivity contribution is 7.11. The van der Waals surface area contributed by atoms with E-state index in [0.29, 0.717) is 34.9 Å². The lowest BCUT2D eigenvalue weighted by Gasteiger charge is -2.16. The summed E-state index contributed by atoms with van der Waals surface area (Å²) in [6, 6.07) is 14.2. The number of aryl methyl sites for hydroxylation is 1. The Bertz CT molecular complexity index is 1510. The molecule has 0 spiro atoms. The van der Waals surface area contributed by atoms with E-state index in [2.05, 4.69) is 59.3 Å². The van der Waals surface area contributed by atoms with Crippen LogP contribution in [0.15, 0.2) is 60.4 Å². The predicted octanol–water partition coefficient (Wildman–Crippen LogP) is 6.15. The first-order valence-electron chi connectivity index (χ1n) is 12.1. The van der Waals surface area contributed by atoms with Gasteiger partial charge in [-0.1, -0.05) is 49.2 Å². The van der Waals surface area contributed by atoms with Crippen LogP contribution < -0.4 is 5.32 Å². The number of H-pyrrole nitrogens is 1. The molecule has 2 aromatic carbocycles. The molecule has 0 saturated carbocycles. The second-order valence-corrected chi connectivity index (χ2v) is 10.3. The van der Waals surface area contributed by atoms with Gasteiger partial charge < -0.3 is 10.3 Å². The Morgan fingerprint density at radius 3 is 2.68 bits per heavy atom. The minimum Gasteiger partial charge on any atom is -0.341 e. The largest absolute Gasteiger partial charge is 0.341 e. The number of unbranched alkanes of at least 4 members (excludes halogenated alkanes) is 2. The molecule has 1 atom stereocenters. The zero-order valence-corrected chi connectivity index (χ0v) is 21.9. The summed E-state index contributed by atoms with van der Waals surface area (Å²) in [7, 11) is 0. The highest BCUT2D eigenvalue weighted by atomic mass is 32.1. The summed E-state index contributed by atoms with van der Waals surface area (Å²) in [5.74, 6) is 0.575. The summed E-state index contributed by atoms with van der Waals surface area (Å²) in [4.78, 5) is 37.8. The number of nitrogens with one attached hydrogen (secondary N) is 2. The number of Topliss-reactive ketones (excluding diaryl/α,β-unsaturated/α-hetero) is 1. The third-order valence-corrected chi connectivity index (χ3v) is 7.65. The van der Waals surface area contributed by atoms with Gasteiger partial charge in [-0.15, -0.1) is 11.3 Å². The van der Waals surface area contributed by atoms with Crippen molar-refractivity contribution in [3.05, 3.63) is 82.5 Å². The van der Waals surface area contributed by atoms with Gasteiger partial charge in [-0.3, -0.25) is 14.6 Å².